The molecule has 2 N–H and O–H groups in total. The van der Waals surface area contributed by atoms with Crippen molar-refractivity contribution in [1.82, 2.24) is 29.3 Å². The van der Waals surface area contributed by atoms with Crippen LogP contribution in [0, 0.1) is 6.92 Å². The topological polar surface area (TPSA) is 132 Å². The minimum absolute atomic E-state index is 0.0627. The maximum atomic E-state index is 14.2. The number of hydrogen-bond donors (Lipinski definition) is 2. The van der Waals surface area contributed by atoms with Crippen LogP contribution in [0.4, 0.5) is 0 Å². The summed E-state index contributed by atoms with van der Waals surface area (Å²) in [5.74, 6) is -0.136. The van der Waals surface area contributed by atoms with Gasteiger partial charge in [0.25, 0.3) is 11.8 Å². The van der Waals surface area contributed by atoms with Crippen molar-refractivity contribution in [2.75, 3.05) is 6.61 Å². The zero-order chi connectivity index (χ0) is 33.9. The molecule has 1 aliphatic heterocycles. The lowest BCUT2D eigenvalue weighted by atomic mass is 10.0. The highest BCUT2D eigenvalue weighted by molar-refractivity contribution is 9.10. The van der Waals surface area contributed by atoms with Crippen LogP contribution in [0.3, 0.4) is 0 Å². The maximum Gasteiger partial charge on any atom is 0.333 e. The van der Waals surface area contributed by atoms with Crippen LogP contribution in [0.5, 0.6) is 5.75 Å². The third-order valence-corrected chi connectivity index (χ3v) is 9.22. The van der Waals surface area contributed by atoms with Crippen LogP contribution in [0.25, 0.3) is 16.9 Å². The van der Waals surface area contributed by atoms with Crippen LogP contribution < -0.4 is 15.7 Å². The number of fused-ring (bicyclic) bond motifs is 1. The first-order valence-corrected chi connectivity index (χ1v) is 16.4. The predicted molar refractivity (Wildman–Crippen MR) is 184 cm³/mol. The Hall–Kier alpha value is -5.07. The second-order valence-corrected chi connectivity index (χ2v) is 12.7. The van der Waals surface area contributed by atoms with Gasteiger partial charge in [-0.05, 0) is 80.4 Å². The number of carbonyl (C=O) groups is 2. The van der Waals surface area contributed by atoms with Crippen molar-refractivity contribution in [3.05, 3.63) is 128 Å². The Morgan fingerprint density at radius 1 is 1.10 bits per heavy atom. The second-order valence-electron chi connectivity index (χ2n) is 11.9. The molecular weight excluding hydrogens is 676 g/mol. The van der Waals surface area contributed by atoms with Gasteiger partial charge in [-0.3, -0.25) is 18.7 Å². The summed E-state index contributed by atoms with van der Waals surface area (Å²) in [7, 11) is 0. The van der Waals surface area contributed by atoms with Crippen LogP contribution in [-0.4, -0.2) is 59.7 Å². The number of aliphatic hydroxyl groups excluding tert-OH is 1. The number of carbonyl (C=O) groups excluding carboxylic acids is 2. The highest BCUT2D eigenvalue weighted by atomic mass is 79.9. The molecule has 0 saturated heterocycles. The molecule has 12 heteroatoms. The largest absolute Gasteiger partial charge is 0.491 e. The Morgan fingerprint density at radius 2 is 1.88 bits per heavy atom. The number of aryl methyl sites for hydroxylation is 1. The Labute approximate surface area is 286 Å². The molecule has 0 fully saturated rings. The van der Waals surface area contributed by atoms with Crippen molar-refractivity contribution in [3.63, 3.8) is 0 Å². The molecule has 2 amide bonds. The first-order valence-electron chi connectivity index (χ1n) is 15.6. The molecule has 1 unspecified atom stereocenters. The molecule has 3 heterocycles. The molecule has 1 aliphatic rings. The van der Waals surface area contributed by atoms with E-state index in [1.165, 1.54) is 10.9 Å². The molecule has 0 bridgehead atoms. The van der Waals surface area contributed by atoms with E-state index in [1.807, 2.05) is 50.2 Å². The summed E-state index contributed by atoms with van der Waals surface area (Å²) in [5, 5.41) is 12.6. The van der Waals surface area contributed by atoms with Gasteiger partial charge in [0.1, 0.15) is 24.4 Å². The first kappa shape index (κ1) is 32.9. The number of hydrogen-bond acceptors (Lipinski definition) is 7. The Balaban J connectivity index is 1.38. The third kappa shape index (κ3) is 6.67. The van der Waals surface area contributed by atoms with Gasteiger partial charge >= 0.3 is 5.69 Å². The Morgan fingerprint density at radius 3 is 2.58 bits per heavy atom. The summed E-state index contributed by atoms with van der Waals surface area (Å²) in [6, 6.07) is 21.3. The van der Waals surface area contributed by atoms with Gasteiger partial charge in [0.15, 0.2) is 0 Å². The lowest BCUT2D eigenvalue weighted by Crippen LogP contribution is -2.47. The zero-order valence-electron chi connectivity index (χ0n) is 26.8. The molecule has 2 atom stereocenters. The number of benzene rings is 3. The summed E-state index contributed by atoms with van der Waals surface area (Å²) in [5.41, 5.74) is 4.53. The fraction of sp³-hybridized carbons (Fsp3) is 0.250. The van der Waals surface area contributed by atoms with Crippen LogP contribution in [0.15, 0.2) is 94.6 Å². The monoisotopic (exact) mass is 710 g/mol. The number of rotatable bonds is 9. The number of nitrogens with zero attached hydrogens (tertiary/aromatic N) is 5. The van der Waals surface area contributed by atoms with Gasteiger partial charge in [-0.15, -0.1) is 0 Å². The predicted octanol–water partition coefficient (Wildman–Crippen LogP) is 4.90. The number of nitrogens with one attached hydrogen (secondary N) is 1. The average Bonchev–Trinajstić information content (AvgIpc) is 3.38. The standard InChI is InChI=1S/C36H35BrN6O5/c1-22-16-25(8-13-30(22)37)35(46)41-19-32-33(34(45)39-17-26-6-4-5-7-29(26)31-14-15-38-21-40-31)43(36(47)42(32)18-23(41)2)27-9-11-28(12-10-27)48-20-24(3)44/h4-16,21,23-24,44H,17-20H2,1-3H3,(H,39,45)/t23?,24-/m1/s1. The van der Waals surface area contributed by atoms with Crippen molar-refractivity contribution in [2.45, 2.75) is 52.6 Å². The highest BCUT2D eigenvalue weighted by Crippen LogP contribution is 2.27. The lowest BCUT2D eigenvalue weighted by molar-refractivity contribution is 0.0610. The van der Waals surface area contributed by atoms with E-state index >= 15 is 0 Å². The number of aromatic nitrogens is 4. The Bertz CT molecular complexity index is 2020. The molecule has 0 radical (unpaired) electrons. The van der Waals surface area contributed by atoms with Gasteiger partial charge in [-0.1, -0.05) is 40.2 Å². The van der Waals surface area contributed by atoms with Crippen LogP contribution >= 0.6 is 15.9 Å². The molecule has 2 aromatic heterocycles. The fourth-order valence-electron chi connectivity index (χ4n) is 5.85. The number of aliphatic hydroxyl groups is 1. The summed E-state index contributed by atoms with van der Waals surface area (Å²) in [4.78, 5) is 52.2. The molecule has 11 nitrogen and oxygen atoms in total. The van der Waals surface area contributed by atoms with E-state index in [4.69, 9.17) is 4.74 Å². The third-order valence-electron chi connectivity index (χ3n) is 8.33. The summed E-state index contributed by atoms with van der Waals surface area (Å²) >= 11 is 3.50. The van der Waals surface area contributed by atoms with E-state index in [1.54, 1.807) is 59.0 Å². The molecule has 6 rings (SSSR count). The molecule has 5 aromatic rings. The lowest BCUT2D eigenvalue weighted by Gasteiger charge is -2.34. The quantitative estimate of drug-likeness (QED) is 0.223. The van der Waals surface area contributed by atoms with E-state index in [0.717, 1.165) is 26.9 Å². The zero-order valence-corrected chi connectivity index (χ0v) is 28.3. The van der Waals surface area contributed by atoms with Gasteiger partial charge in [0.05, 0.1) is 29.7 Å². The maximum absolute atomic E-state index is 14.2. The molecule has 48 heavy (non-hydrogen) atoms. The van der Waals surface area contributed by atoms with Gasteiger partial charge in [0.2, 0.25) is 0 Å². The number of halogens is 1. The molecule has 3 aromatic carbocycles. The van der Waals surface area contributed by atoms with Crippen LogP contribution in [-0.2, 0) is 19.6 Å². The average molecular weight is 712 g/mol. The van der Waals surface area contributed by atoms with E-state index < -0.39 is 12.0 Å². The minimum Gasteiger partial charge on any atom is -0.491 e. The van der Waals surface area contributed by atoms with Crippen molar-refractivity contribution < 1.29 is 19.4 Å². The van der Waals surface area contributed by atoms with Crippen LogP contribution in [0.2, 0.25) is 0 Å². The van der Waals surface area contributed by atoms with Gasteiger partial charge < -0.3 is 20.1 Å². The van der Waals surface area contributed by atoms with E-state index in [9.17, 15) is 19.5 Å². The summed E-state index contributed by atoms with van der Waals surface area (Å²) in [6.07, 6.45) is 2.49. The van der Waals surface area contributed by atoms with E-state index in [2.05, 4.69) is 31.2 Å². The normalized spacial score (nSPS) is 14.7. The van der Waals surface area contributed by atoms with E-state index in [0.29, 0.717) is 22.7 Å². The summed E-state index contributed by atoms with van der Waals surface area (Å²) in [6.45, 7) is 6.01. The number of imidazole rings is 1. The molecule has 0 spiro atoms. The molecule has 246 valence electrons. The van der Waals surface area contributed by atoms with Crippen LogP contribution in [0.1, 0.15) is 51.5 Å². The highest BCUT2D eigenvalue weighted by Gasteiger charge is 2.35. The Kier molecular flexibility index (Phi) is 9.56. The minimum atomic E-state index is -0.644. The summed E-state index contributed by atoms with van der Waals surface area (Å²) < 4.78 is 9.50. The smallest absolute Gasteiger partial charge is 0.333 e. The molecule has 0 aliphatic carbocycles. The fourth-order valence-corrected chi connectivity index (χ4v) is 6.09. The van der Waals surface area contributed by atoms with Crippen molar-refractivity contribution in [3.8, 4) is 22.7 Å². The van der Waals surface area contributed by atoms with Crippen molar-refractivity contribution >= 4 is 27.7 Å². The number of ether oxygens (including phenoxy) is 1. The van der Waals surface area contributed by atoms with Crippen molar-refractivity contribution in [1.29, 1.82) is 0 Å². The van der Waals surface area contributed by atoms with Gasteiger partial charge in [-0.2, -0.15) is 0 Å². The first-order chi connectivity index (χ1) is 23.1. The van der Waals surface area contributed by atoms with E-state index in [-0.39, 0.29) is 49.6 Å². The molecule has 0 saturated carbocycles. The van der Waals surface area contributed by atoms with Gasteiger partial charge in [-0.25, -0.2) is 14.8 Å². The molecular formula is C36H35BrN6O5. The second kappa shape index (κ2) is 14.0. The van der Waals surface area contributed by atoms with Gasteiger partial charge in [0, 0.05) is 40.9 Å². The SMILES string of the molecule is Cc1cc(C(=O)N2Cc3c(C(=O)NCc4ccccc4-c4ccncn4)n(-c4ccc(OC[C@@H](C)O)cc4)c(=O)n3CC2C)ccc1Br. The number of amides is 2. The van der Waals surface area contributed by atoms with Crippen molar-refractivity contribution in [2.24, 2.45) is 0 Å².